The monoisotopic (exact) mass is 266 g/mol. The first-order valence-electron chi connectivity index (χ1n) is 6.53. The predicted molar refractivity (Wildman–Crippen MR) is 72.5 cm³/mol. The summed E-state index contributed by atoms with van der Waals surface area (Å²) < 4.78 is 0. The van der Waals surface area contributed by atoms with Crippen molar-refractivity contribution in [3.05, 3.63) is 29.0 Å². The van der Waals surface area contributed by atoms with Crippen LogP contribution in [0.2, 0.25) is 5.02 Å². The summed E-state index contributed by atoms with van der Waals surface area (Å²) in [6.45, 7) is 0.612. The Morgan fingerprint density at radius 2 is 2.22 bits per heavy atom. The summed E-state index contributed by atoms with van der Waals surface area (Å²) in [7, 11) is 0. The van der Waals surface area contributed by atoms with Gasteiger partial charge in [0.25, 0.3) is 0 Å². The second kappa shape index (κ2) is 6.30. The van der Waals surface area contributed by atoms with Crippen LogP contribution in [0.5, 0.6) is 0 Å². The third kappa shape index (κ3) is 3.09. The van der Waals surface area contributed by atoms with Gasteiger partial charge in [-0.1, -0.05) is 24.4 Å². The van der Waals surface area contributed by atoms with E-state index >= 15 is 0 Å². The molecule has 0 aliphatic heterocycles. The molecule has 0 bridgehead atoms. The number of Topliss-reactive ketones (excluding diaryl/α,β-unsaturated/α-hetero) is 1. The zero-order valence-electron chi connectivity index (χ0n) is 10.4. The Balaban J connectivity index is 2.05. The van der Waals surface area contributed by atoms with Gasteiger partial charge < -0.3 is 5.73 Å². The second-order valence-electron chi connectivity index (χ2n) is 5.00. The number of nitrogens with zero attached hydrogens (tertiary/aromatic N) is 1. The molecule has 2 rings (SSSR count). The molecule has 2 atom stereocenters. The highest BCUT2D eigenvalue weighted by Gasteiger charge is 2.29. The van der Waals surface area contributed by atoms with Gasteiger partial charge in [0.2, 0.25) is 0 Å². The van der Waals surface area contributed by atoms with Crippen molar-refractivity contribution >= 4 is 17.4 Å². The number of hydrogen-bond donors (Lipinski definition) is 1. The highest BCUT2D eigenvalue weighted by atomic mass is 35.5. The van der Waals surface area contributed by atoms with E-state index in [-0.39, 0.29) is 11.7 Å². The van der Waals surface area contributed by atoms with E-state index in [2.05, 4.69) is 4.98 Å². The van der Waals surface area contributed by atoms with Crippen molar-refractivity contribution in [3.63, 3.8) is 0 Å². The Hall–Kier alpha value is -0.930. The van der Waals surface area contributed by atoms with Crippen molar-refractivity contribution in [1.82, 2.24) is 4.98 Å². The molecule has 0 amide bonds. The summed E-state index contributed by atoms with van der Waals surface area (Å²) in [6.07, 6.45) is 8.06. The SMILES string of the molecule is NCC1CCCCC1C(=O)Cc1ccncc1Cl. The maximum Gasteiger partial charge on any atom is 0.140 e. The summed E-state index contributed by atoms with van der Waals surface area (Å²) in [5.74, 6) is 0.748. The molecule has 3 nitrogen and oxygen atoms in total. The largest absolute Gasteiger partial charge is 0.330 e. The molecule has 2 unspecified atom stereocenters. The van der Waals surface area contributed by atoms with Gasteiger partial charge in [0.15, 0.2) is 0 Å². The van der Waals surface area contributed by atoms with Crippen molar-refractivity contribution in [2.75, 3.05) is 6.54 Å². The third-order valence-electron chi connectivity index (χ3n) is 3.85. The first-order valence-corrected chi connectivity index (χ1v) is 6.91. The number of rotatable bonds is 4. The third-order valence-corrected chi connectivity index (χ3v) is 4.19. The molecule has 1 heterocycles. The van der Waals surface area contributed by atoms with Gasteiger partial charge in [-0.05, 0) is 36.9 Å². The molecule has 1 aromatic heterocycles. The molecule has 0 saturated heterocycles. The topological polar surface area (TPSA) is 56.0 Å². The average molecular weight is 267 g/mol. The number of carbonyl (C=O) groups excluding carboxylic acids is 1. The van der Waals surface area contributed by atoms with Gasteiger partial charge in [-0.3, -0.25) is 9.78 Å². The van der Waals surface area contributed by atoms with Crippen LogP contribution in [0.3, 0.4) is 0 Å². The van der Waals surface area contributed by atoms with Crippen LogP contribution in [0.25, 0.3) is 0 Å². The Morgan fingerprint density at radius 1 is 1.44 bits per heavy atom. The lowest BCUT2D eigenvalue weighted by molar-refractivity contribution is -0.124. The Morgan fingerprint density at radius 3 is 2.94 bits per heavy atom. The molecule has 1 fully saturated rings. The molecular formula is C14H19ClN2O. The van der Waals surface area contributed by atoms with Crippen LogP contribution in [-0.2, 0) is 11.2 Å². The van der Waals surface area contributed by atoms with Crippen molar-refractivity contribution in [2.24, 2.45) is 17.6 Å². The Labute approximate surface area is 113 Å². The Bertz CT molecular complexity index is 422. The number of hydrogen-bond acceptors (Lipinski definition) is 3. The van der Waals surface area contributed by atoms with E-state index in [0.29, 0.717) is 23.9 Å². The average Bonchev–Trinajstić information content (AvgIpc) is 2.41. The van der Waals surface area contributed by atoms with Crippen LogP contribution in [0, 0.1) is 11.8 Å². The van der Waals surface area contributed by atoms with Crippen molar-refractivity contribution in [1.29, 1.82) is 0 Å². The van der Waals surface area contributed by atoms with Crippen molar-refractivity contribution in [2.45, 2.75) is 32.1 Å². The van der Waals surface area contributed by atoms with Crippen LogP contribution >= 0.6 is 11.6 Å². The van der Waals surface area contributed by atoms with E-state index in [4.69, 9.17) is 17.3 Å². The molecule has 98 valence electrons. The lowest BCUT2D eigenvalue weighted by atomic mass is 9.76. The minimum atomic E-state index is 0.119. The predicted octanol–water partition coefficient (Wildman–Crippen LogP) is 2.61. The van der Waals surface area contributed by atoms with Gasteiger partial charge in [-0.2, -0.15) is 0 Å². The highest BCUT2D eigenvalue weighted by Crippen LogP contribution is 2.31. The van der Waals surface area contributed by atoms with Gasteiger partial charge in [0.1, 0.15) is 5.78 Å². The summed E-state index contributed by atoms with van der Waals surface area (Å²) >= 11 is 6.04. The van der Waals surface area contributed by atoms with E-state index < -0.39 is 0 Å². The zero-order chi connectivity index (χ0) is 13.0. The number of halogens is 1. The number of pyridine rings is 1. The fourth-order valence-corrected chi connectivity index (χ4v) is 2.97. The molecule has 1 aromatic rings. The van der Waals surface area contributed by atoms with E-state index in [1.165, 1.54) is 6.42 Å². The molecular weight excluding hydrogens is 248 g/mol. The fraction of sp³-hybridized carbons (Fsp3) is 0.571. The lowest BCUT2D eigenvalue weighted by Crippen LogP contribution is -2.33. The van der Waals surface area contributed by atoms with Crippen LogP contribution in [0.1, 0.15) is 31.2 Å². The minimum Gasteiger partial charge on any atom is -0.330 e. The quantitative estimate of drug-likeness (QED) is 0.911. The van der Waals surface area contributed by atoms with Crippen LogP contribution < -0.4 is 5.73 Å². The first-order chi connectivity index (χ1) is 8.72. The Kier molecular flexibility index (Phi) is 4.72. The lowest BCUT2D eigenvalue weighted by Gasteiger charge is -2.29. The fourth-order valence-electron chi connectivity index (χ4n) is 2.78. The molecule has 2 N–H and O–H groups in total. The number of ketones is 1. The van der Waals surface area contributed by atoms with Crippen molar-refractivity contribution in [3.8, 4) is 0 Å². The minimum absolute atomic E-state index is 0.119. The summed E-state index contributed by atoms with van der Waals surface area (Å²) in [5.41, 5.74) is 6.64. The van der Waals surface area contributed by atoms with Crippen LogP contribution in [0.4, 0.5) is 0 Å². The second-order valence-corrected chi connectivity index (χ2v) is 5.40. The van der Waals surface area contributed by atoms with Crippen molar-refractivity contribution < 1.29 is 4.79 Å². The maximum absolute atomic E-state index is 12.4. The molecule has 18 heavy (non-hydrogen) atoms. The standard InChI is InChI=1S/C14H19ClN2O/c15-13-9-17-6-5-10(13)7-14(18)12-4-2-1-3-11(12)8-16/h5-6,9,11-12H,1-4,7-8,16H2. The van der Waals surface area contributed by atoms with E-state index in [1.807, 2.05) is 6.07 Å². The van der Waals surface area contributed by atoms with Gasteiger partial charge in [0.05, 0.1) is 5.02 Å². The molecule has 0 aromatic carbocycles. The molecule has 1 aliphatic carbocycles. The molecule has 1 aliphatic rings. The number of nitrogens with two attached hydrogens (primary N) is 1. The molecule has 0 radical (unpaired) electrons. The maximum atomic E-state index is 12.4. The van der Waals surface area contributed by atoms with E-state index in [0.717, 1.165) is 24.8 Å². The van der Waals surface area contributed by atoms with E-state index in [1.54, 1.807) is 12.4 Å². The number of carbonyl (C=O) groups is 1. The molecule has 1 saturated carbocycles. The van der Waals surface area contributed by atoms with Gasteiger partial charge in [-0.15, -0.1) is 0 Å². The van der Waals surface area contributed by atoms with Crippen LogP contribution in [0.15, 0.2) is 18.5 Å². The molecule has 4 heteroatoms. The zero-order valence-corrected chi connectivity index (χ0v) is 11.2. The highest BCUT2D eigenvalue weighted by molar-refractivity contribution is 6.31. The summed E-state index contributed by atoms with van der Waals surface area (Å²) in [4.78, 5) is 16.3. The van der Waals surface area contributed by atoms with E-state index in [9.17, 15) is 4.79 Å². The summed E-state index contributed by atoms with van der Waals surface area (Å²) in [5, 5.41) is 0.575. The summed E-state index contributed by atoms with van der Waals surface area (Å²) in [6, 6.07) is 1.82. The normalized spacial score (nSPS) is 23.9. The first kappa shape index (κ1) is 13.5. The van der Waals surface area contributed by atoms with Gasteiger partial charge in [0, 0.05) is 24.7 Å². The van der Waals surface area contributed by atoms with Gasteiger partial charge in [-0.25, -0.2) is 0 Å². The van der Waals surface area contributed by atoms with Gasteiger partial charge >= 0.3 is 0 Å². The molecule has 0 spiro atoms. The van der Waals surface area contributed by atoms with Crippen LogP contribution in [-0.4, -0.2) is 17.3 Å². The number of aromatic nitrogens is 1. The smallest absolute Gasteiger partial charge is 0.140 e.